The summed E-state index contributed by atoms with van der Waals surface area (Å²) in [5.41, 5.74) is 0. The lowest BCUT2D eigenvalue weighted by Crippen LogP contribution is -2.57. The van der Waals surface area contributed by atoms with Crippen LogP contribution in [0.2, 0.25) is 0 Å². The van der Waals surface area contributed by atoms with Gasteiger partial charge in [-0.3, -0.25) is 4.79 Å². The first kappa shape index (κ1) is 13.0. The highest BCUT2D eigenvalue weighted by atomic mass is 16.7. The van der Waals surface area contributed by atoms with Crippen LogP contribution in [-0.4, -0.2) is 52.3 Å². The van der Waals surface area contributed by atoms with E-state index >= 15 is 0 Å². The predicted molar refractivity (Wildman–Crippen MR) is 59.8 cm³/mol. The normalized spacial score (nSPS) is 32.3. The summed E-state index contributed by atoms with van der Waals surface area (Å²) in [5, 5.41) is 28.1. The second-order valence-electron chi connectivity index (χ2n) is 3.95. The van der Waals surface area contributed by atoms with Crippen molar-refractivity contribution in [2.45, 2.75) is 24.6 Å². The Morgan fingerprint density at radius 3 is 2.44 bits per heavy atom. The van der Waals surface area contributed by atoms with Gasteiger partial charge in [-0.1, -0.05) is 18.2 Å². The van der Waals surface area contributed by atoms with Gasteiger partial charge in [0.2, 0.25) is 6.29 Å². The van der Waals surface area contributed by atoms with Crippen molar-refractivity contribution in [3.05, 3.63) is 30.3 Å². The second-order valence-corrected chi connectivity index (χ2v) is 3.95. The molecule has 3 N–H and O–H groups in total. The molecule has 2 rings (SSSR count). The number of para-hydroxylation sites is 1. The maximum Gasteiger partial charge on any atom is 0.233 e. The highest BCUT2D eigenvalue weighted by Gasteiger charge is 2.44. The number of aliphatic hydroxyl groups excluding tert-OH is 3. The SMILES string of the molecule is O=C1[C@@H](O)[C@H](Oc2ccccc2)O[C@H](CO)[C@H]1O. The molecule has 1 heterocycles. The number of ketones is 1. The molecule has 0 saturated carbocycles. The Kier molecular flexibility index (Phi) is 3.93. The summed E-state index contributed by atoms with van der Waals surface area (Å²) >= 11 is 0. The molecule has 98 valence electrons. The molecule has 0 unspecified atom stereocenters. The monoisotopic (exact) mass is 254 g/mol. The third kappa shape index (κ3) is 2.51. The third-order valence-corrected chi connectivity index (χ3v) is 2.68. The minimum absolute atomic E-state index is 0.419. The maximum absolute atomic E-state index is 11.5. The number of carbonyl (C=O) groups is 1. The first-order valence-corrected chi connectivity index (χ1v) is 5.51. The summed E-state index contributed by atoms with van der Waals surface area (Å²) in [4.78, 5) is 11.5. The second kappa shape index (κ2) is 5.45. The molecule has 0 spiro atoms. The molecule has 0 aromatic heterocycles. The molecule has 6 heteroatoms. The molecule has 1 saturated heterocycles. The Hall–Kier alpha value is -1.47. The molecule has 1 aliphatic heterocycles. The van der Waals surface area contributed by atoms with Crippen molar-refractivity contribution in [3.63, 3.8) is 0 Å². The quantitative estimate of drug-likeness (QED) is 0.645. The van der Waals surface area contributed by atoms with Gasteiger partial charge in [0.1, 0.15) is 18.0 Å². The van der Waals surface area contributed by atoms with Gasteiger partial charge in [-0.15, -0.1) is 0 Å². The number of hydrogen-bond donors (Lipinski definition) is 3. The van der Waals surface area contributed by atoms with Crippen LogP contribution >= 0.6 is 0 Å². The Morgan fingerprint density at radius 2 is 1.83 bits per heavy atom. The van der Waals surface area contributed by atoms with Gasteiger partial charge in [0.15, 0.2) is 11.9 Å². The first-order chi connectivity index (χ1) is 8.63. The topological polar surface area (TPSA) is 96.2 Å². The van der Waals surface area contributed by atoms with Crippen LogP contribution in [0.25, 0.3) is 0 Å². The molecule has 1 aromatic carbocycles. The summed E-state index contributed by atoms with van der Waals surface area (Å²) < 4.78 is 10.4. The lowest BCUT2D eigenvalue weighted by atomic mass is 10.0. The van der Waals surface area contributed by atoms with Crippen molar-refractivity contribution in [2.24, 2.45) is 0 Å². The van der Waals surface area contributed by atoms with E-state index in [1.165, 1.54) is 0 Å². The summed E-state index contributed by atoms with van der Waals surface area (Å²) in [6, 6.07) is 8.52. The number of hydrogen-bond acceptors (Lipinski definition) is 6. The van der Waals surface area contributed by atoms with Crippen LogP contribution in [0, 0.1) is 0 Å². The van der Waals surface area contributed by atoms with Gasteiger partial charge < -0.3 is 24.8 Å². The molecule has 18 heavy (non-hydrogen) atoms. The van der Waals surface area contributed by atoms with E-state index in [1.807, 2.05) is 0 Å². The summed E-state index contributed by atoms with van der Waals surface area (Å²) in [6.07, 6.45) is -5.45. The fourth-order valence-corrected chi connectivity index (χ4v) is 1.68. The van der Waals surface area contributed by atoms with Crippen molar-refractivity contribution in [1.82, 2.24) is 0 Å². The van der Waals surface area contributed by atoms with Crippen molar-refractivity contribution in [2.75, 3.05) is 6.61 Å². The average molecular weight is 254 g/mol. The van der Waals surface area contributed by atoms with Crippen molar-refractivity contribution in [1.29, 1.82) is 0 Å². The lowest BCUT2D eigenvalue weighted by molar-refractivity contribution is -0.229. The van der Waals surface area contributed by atoms with Crippen LogP contribution in [0.3, 0.4) is 0 Å². The van der Waals surface area contributed by atoms with E-state index < -0.39 is 37.0 Å². The van der Waals surface area contributed by atoms with Crippen molar-refractivity contribution in [3.8, 4) is 5.75 Å². The van der Waals surface area contributed by atoms with Gasteiger partial charge >= 0.3 is 0 Å². The number of ether oxygens (including phenoxy) is 2. The number of carbonyl (C=O) groups excluding carboxylic acids is 1. The Morgan fingerprint density at radius 1 is 1.17 bits per heavy atom. The number of rotatable bonds is 3. The van der Waals surface area contributed by atoms with E-state index in [2.05, 4.69) is 0 Å². The maximum atomic E-state index is 11.5. The standard InChI is InChI=1S/C12H14O6/c13-6-8-9(14)10(15)11(16)12(18-8)17-7-4-2-1-3-5-7/h1-5,8-9,11-14,16H,6H2/t8-,9-,11-,12-/m1/s1. The molecule has 0 bridgehead atoms. The Bertz CT molecular complexity index is 406. The van der Waals surface area contributed by atoms with Crippen LogP contribution in [-0.2, 0) is 9.53 Å². The van der Waals surface area contributed by atoms with Gasteiger partial charge in [0.25, 0.3) is 0 Å². The summed E-state index contributed by atoms with van der Waals surface area (Å²) in [6.45, 7) is -0.533. The number of Topliss-reactive ketones (excluding diaryl/α,β-unsaturated/α-hetero) is 1. The molecule has 0 amide bonds. The van der Waals surface area contributed by atoms with Gasteiger partial charge in [-0.2, -0.15) is 0 Å². The molecule has 0 aliphatic carbocycles. The molecule has 0 radical (unpaired) electrons. The average Bonchev–Trinajstić information content (AvgIpc) is 2.40. The predicted octanol–water partition coefficient (Wildman–Crippen LogP) is -0.927. The van der Waals surface area contributed by atoms with E-state index in [0.717, 1.165) is 0 Å². The van der Waals surface area contributed by atoms with Gasteiger partial charge in [-0.05, 0) is 12.1 Å². The largest absolute Gasteiger partial charge is 0.462 e. The van der Waals surface area contributed by atoms with Crippen LogP contribution in [0.5, 0.6) is 5.75 Å². The van der Waals surface area contributed by atoms with E-state index in [1.54, 1.807) is 30.3 Å². The molecular weight excluding hydrogens is 240 g/mol. The van der Waals surface area contributed by atoms with Gasteiger partial charge in [0.05, 0.1) is 6.61 Å². The summed E-state index contributed by atoms with van der Waals surface area (Å²) in [5.74, 6) is -0.399. The number of benzene rings is 1. The molecule has 1 aliphatic rings. The third-order valence-electron chi connectivity index (χ3n) is 2.68. The fourth-order valence-electron chi connectivity index (χ4n) is 1.68. The van der Waals surface area contributed by atoms with E-state index in [-0.39, 0.29) is 0 Å². The highest BCUT2D eigenvalue weighted by Crippen LogP contribution is 2.21. The van der Waals surface area contributed by atoms with Crippen LogP contribution in [0.4, 0.5) is 0 Å². The van der Waals surface area contributed by atoms with Gasteiger partial charge in [-0.25, -0.2) is 0 Å². The van der Waals surface area contributed by atoms with Crippen LogP contribution < -0.4 is 4.74 Å². The van der Waals surface area contributed by atoms with Crippen molar-refractivity contribution < 1.29 is 29.6 Å². The first-order valence-electron chi connectivity index (χ1n) is 5.51. The molecule has 6 nitrogen and oxygen atoms in total. The fraction of sp³-hybridized carbons (Fsp3) is 0.417. The zero-order valence-electron chi connectivity index (χ0n) is 9.47. The Balaban J connectivity index is 2.10. The van der Waals surface area contributed by atoms with E-state index in [0.29, 0.717) is 5.75 Å². The zero-order chi connectivity index (χ0) is 13.1. The molecular formula is C12H14O6. The minimum Gasteiger partial charge on any atom is -0.462 e. The van der Waals surface area contributed by atoms with E-state index in [9.17, 15) is 15.0 Å². The lowest BCUT2D eigenvalue weighted by Gasteiger charge is -2.34. The minimum atomic E-state index is -1.58. The van der Waals surface area contributed by atoms with Gasteiger partial charge in [0, 0.05) is 0 Å². The zero-order valence-corrected chi connectivity index (χ0v) is 9.47. The summed E-state index contributed by atoms with van der Waals surface area (Å²) in [7, 11) is 0. The molecule has 4 atom stereocenters. The molecule has 1 aromatic rings. The number of aliphatic hydroxyl groups is 3. The van der Waals surface area contributed by atoms with Crippen LogP contribution in [0.15, 0.2) is 30.3 Å². The Labute approximate surface area is 103 Å². The van der Waals surface area contributed by atoms with Crippen LogP contribution in [0.1, 0.15) is 0 Å². The smallest absolute Gasteiger partial charge is 0.233 e. The molecule has 1 fully saturated rings. The van der Waals surface area contributed by atoms with E-state index in [4.69, 9.17) is 14.6 Å². The van der Waals surface area contributed by atoms with Crippen molar-refractivity contribution >= 4 is 5.78 Å². The highest BCUT2D eigenvalue weighted by molar-refractivity contribution is 5.88.